The summed E-state index contributed by atoms with van der Waals surface area (Å²) in [6, 6.07) is 6.31. The zero-order valence-corrected chi connectivity index (χ0v) is 12.0. The molecule has 6 nitrogen and oxygen atoms in total. The third-order valence-electron chi connectivity index (χ3n) is 5.46. The summed E-state index contributed by atoms with van der Waals surface area (Å²) in [5.74, 6) is -2.05. The number of amides is 2. The molecule has 2 amide bonds. The average Bonchev–Trinajstić information content (AvgIpc) is 3.11. The van der Waals surface area contributed by atoms with Crippen LogP contribution in [0.2, 0.25) is 0 Å². The van der Waals surface area contributed by atoms with E-state index in [4.69, 9.17) is 4.74 Å². The van der Waals surface area contributed by atoms with Crippen LogP contribution in [0.25, 0.3) is 0 Å². The van der Waals surface area contributed by atoms with E-state index in [0.29, 0.717) is 6.42 Å². The highest BCUT2D eigenvalue weighted by molar-refractivity contribution is 6.23. The van der Waals surface area contributed by atoms with Crippen molar-refractivity contribution in [3.63, 3.8) is 0 Å². The molecular formula is C16H17NO5. The highest BCUT2D eigenvalue weighted by Crippen LogP contribution is 2.57. The van der Waals surface area contributed by atoms with Crippen LogP contribution in [-0.4, -0.2) is 41.3 Å². The summed E-state index contributed by atoms with van der Waals surface area (Å²) in [6.07, 6.45) is -0.467. The van der Waals surface area contributed by atoms with Crippen molar-refractivity contribution in [2.45, 2.75) is 18.6 Å². The Labute approximate surface area is 127 Å². The maximum atomic E-state index is 12.8. The topological polar surface area (TPSA) is 87.1 Å². The normalized spacial score (nSPS) is 39.6. The van der Waals surface area contributed by atoms with Gasteiger partial charge in [-0.25, -0.2) is 4.90 Å². The summed E-state index contributed by atoms with van der Waals surface area (Å²) < 4.78 is 5.33. The highest BCUT2D eigenvalue weighted by atomic mass is 16.5. The molecule has 0 radical (unpaired) electrons. The number of phenols is 1. The van der Waals surface area contributed by atoms with Gasteiger partial charge in [0.1, 0.15) is 5.75 Å². The Balaban J connectivity index is 1.75. The molecule has 0 unspecified atom stereocenters. The number of rotatable bonds is 2. The molecule has 2 saturated carbocycles. The lowest BCUT2D eigenvalue weighted by molar-refractivity contribution is -0.131. The minimum absolute atomic E-state index is 0.0969. The zero-order valence-electron chi connectivity index (χ0n) is 12.0. The van der Waals surface area contributed by atoms with Crippen LogP contribution in [0, 0.1) is 23.7 Å². The van der Waals surface area contributed by atoms with Gasteiger partial charge in [0.25, 0.3) is 0 Å². The molecule has 116 valence electrons. The number of methoxy groups -OCH3 is 1. The second-order valence-electron chi connectivity index (χ2n) is 6.31. The smallest absolute Gasteiger partial charge is 0.238 e. The number of phenolic OH excluding ortho intramolecular Hbond substituents is 1. The van der Waals surface area contributed by atoms with E-state index in [0.717, 1.165) is 4.90 Å². The third kappa shape index (κ3) is 1.51. The van der Waals surface area contributed by atoms with E-state index in [1.807, 2.05) is 0 Å². The highest BCUT2D eigenvalue weighted by Gasteiger charge is 2.67. The predicted molar refractivity (Wildman–Crippen MR) is 76.0 cm³/mol. The van der Waals surface area contributed by atoms with Crippen LogP contribution in [0.5, 0.6) is 5.75 Å². The van der Waals surface area contributed by atoms with Gasteiger partial charge in [0.15, 0.2) is 0 Å². The summed E-state index contributed by atoms with van der Waals surface area (Å²) in [5.41, 5.74) is 0.217. The van der Waals surface area contributed by atoms with Gasteiger partial charge in [0.05, 0.1) is 29.7 Å². The van der Waals surface area contributed by atoms with Gasteiger partial charge in [0.2, 0.25) is 11.8 Å². The van der Waals surface area contributed by atoms with Gasteiger partial charge in [-0.1, -0.05) is 12.1 Å². The number of carbonyl (C=O) groups excluding carboxylic acids is 2. The first-order chi connectivity index (χ1) is 10.6. The molecule has 3 aliphatic rings. The molecule has 2 bridgehead atoms. The Morgan fingerprint density at radius 2 is 1.77 bits per heavy atom. The molecule has 1 aromatic carbocycles. The molecule has 22 heavy (non-hydrogen) atoms. The van der Waals surface area contributed by atoms with Crippen molar-refractivity contribution in [2.24, 2.45) is 23.7 Å². The Morgan fingerprint density at radius 1 is 1.14 bits per heavy atom. The number of anilines is 1. The first kappa shape index (κ1) is 13.7. The number of nitrogens with zero attached hydrogens (tertiary/aromatic N) is 1. The van der Waals surface area contributed by atoms with E-state index in [2.05, 4.69) is 0 Å². The van der Waals surface area contributed by atoms with Crippen LogP contribution in [0.1, 0.15) is 6.42 Å². The van der Waals surface area contributed by atoms with Crippen LogP contribution in [0.3, 0.4) is 0 Å². The van der Waals surface area contributed by atoms with Crippen molar-refractivity contribution >= 4 is 17.5 Å². The van der Waals surface area contributed by atoms with Gasteiger partial charge in [0, 0.05) is 18.9 Å². The minimum atomic E-state index is -0.711. The molecule has 1 aromatic rings. The molecule has 6 atom stereocenters. The van der Waals surface area contributed by atoms with Crippen molar-refractivity contribution in [3.8, 4) is 5.75 Å². The van der Waals surface area contributed by atoms with E-state index in [1.165, 1.54) is 13.2 Å². The lowest BCUT2D eigenvalue weighted by Gasteiger charge is -2.31. The number of fused-ring (bicyclic) bond motifs is 5. The number of hydrogen-bond donors (Lipinski definition) is 2. The molecule has 0 spiro atoms. The van der Waals surface area contributed by atoms with Gasteiger partial charge in [-0.3, -0.25) is 9.59 Å². The summed E-state index contributed by atoms with van der Waals surface area (Å²) in [7, 11) is 1.52. The third-order valence-corrected chi connectivity index (χ3v) is 5.46. The van der Waals surface area contributed by atoms with Crippen molar-refractivity contribution in [1.82, 2.24) is 0 Å². The Bertz CT molecular complexity index is 660. The maximum Gasteiger partial charge on any atom is 0.238 e. The number of aliphatic hydroxyl groups is 1. The predicted octanol–water partition coefficient (Wildman–Crippen LogP) is 0.523. The van der Waals surface area contributed by atoms with Crippen LogP contribution in [0.4, 0.5) is 5.69 Å². The van der Waals surface area contributed by atoms with Crippen molar-refractivity contribution < 1.29 is 24.5 Å². The van der Waals surface area contributed by atoms with E-state index < -0.39 is 24.0 Å². The fourth-order valence-electron chi connectivity index (χ4n) is 4.61. The molecule has 1 aliphatic heterocycles. The second kappa shape index (κ2) is 4.54. The number of imide groups is 1. The molecule has 2 aliphatic carbocycles. The van der Waals surface area contributed by atoms with Crippen LogP contribution in [0.15, 0.2) is 24.3 Å². The zero-order chi connectivity index (χ0) is 15.6. The molecular weight excluding hydrogens is 286 g/mol. The number of benzene rings is 1. The summed E-state index contributed by atoms with van der Waals surface area (Å²) in [5, 5.41) is 20.2. The lowest BCUT2D eigenvalue weighted by Crippen LogP contribution is -2.44. The standard InChI is InChI=1S/C16H17NO5/c1-22-14-8-6-7(13(14)19)11-12(8)16(21)17(15(11)20)9-4-2-3-5-10(9)18/h2-5,7-8,11-14,18-19H,6H2,1H3/t7-,8-,11+,12+,13+,14-/m0/s1. The molecule has 3 fully saturated rings. The van der Waals surface area contributed by atoms with Crippen molar-refractivity contribution in [3.05, 3.63) is 24.3 Å². The molecule has 4 rings (SSSR count). The first-order valence-corrected chi connectivity index (χ1v) is 7.43. The number of ether oxygens (including phenoxy) is 1. The SMILES string of the molecule is CO[C@@H]1[C@H](O)[C@H]2C[C@H]1[C@H]1C(=O)N(c3ccccc3O)C(=O)[C@H]21. The summed E-state index contributed by atoms with van der Waals surface area (Å²) in [6.45, 7) is 0. The average molecular weight is 303 g/mol. The van der Waals surface area contributed by atoms with Gasteiger partial charge in [-0.2, -0.15) is 0 Å². The fraction of sp³-hybridized carbons (Fsp3) is 0.500. The number of para-hydroxylation sites is 2. The van der Waals surface area contributed by atoms with E-state index in [9.17, 15) is 19.8 Å². The fourth-order valence-corrected chi connectivity index (χ4v) is 4.61. The molecule has 2 N–H and O–H groups in total. The van der Waals surface area contributed by atoms with Crippen LogP contribution >= 0.6 is 0 Å². The van der Waals surface area contributed by atoms with Crippen molar-refractivity contribution in [2.75, 3.05) is 12.0 Å². The van der Waals surface area contributed by atoms with Crippen molar-refractivity contribution in [1.29, 1.82) is 0 Å². The number of aromatic hydroxyl groups is 1. The van der Waals surface area contributed by atoms with E-state index >= 15 is 0 Å². The number of carbonyl (C=O) groups is 2. The van der Waals surface area contributed by atoms with Crippen LogP contribution in [-0.2, 0) is 14.3 Å². The van der Waals surface area contributed by atoms with E-state index in [-0.39, 0.29) is 35.1 Å². The molecule has 1 heterocycles. The minimum Gasteiger partial charge on any atom is -0.506 e. The molecule has 1 saturated heterocycles. The van der Waals surface area contributed by atoms with Gasteiger partial charge < -0.3 is 14.9 Å². The summed E-state index contributed by atoms with van der Waals surface area (Å²) >= 11 is 0. The Kier molecular flexibility index (Phi) is 2.83. The Hall–Kier alpha value is -1.92. The molecule has 0 aromatic heterocycles. The number of hydrogen-bond acceptors (Lipinski definition) is 5. The Morgan fingerprint density at radius 3 is 2.41 bits per heavy atom. The largest absolute Gasteiger partial charge is 0.506 e. The molecule has 6 heteroatoms. The maximum absolute atomic E-state index is 12.8. The van der Waals surface area contributed by atoms with Gasteiger partial charge in [-0.15, -0.1) is 0 Å². The van der Waals surface area contributed by atoms with E-state index in [1.54, 1.807) is 18.2 Å². The number of aliphatic hydroxyl groups excluding tert-OH is 1. The van der Waals surface area contributed by atoms with Gasteiger partial charge >= 0.3 is 0 Å². The summed E-state index contributed by atoms with van der Waals surface area (Å²) in [4.78, 5) is 26.6. The quantitative estimate of drug-likeness (QED) is 0.778. The van der Waals surface area contributed by atoms with Gasteiger partial charge in [-0.05, 0) is 18.6 Å². The lowest BCUT2D eigenvalue weighted by atomic mass is 9.78. The first-order valence-electron chi connectivity index (χ1n) is 7.43. The second-order valence-corrected chi connectivity index (χ2v) is 6.31. The van der Waals surface area contributed by atoms with Crippen LogP contribution < -0.4 is 4.90 Å². The monoisotopic (exact) mass is 303 g/mol.